The topological polar surface area (TPSA) is 164 Å². The molecule has 36 heavy (non-hydrogen) atoms. The van der Waals surface area contributed by atoms with Crippen LogP contribution in [0.2, 0.25) is 0 Å². The number of hydrogen-bond donors (Lipinski definition) is 1. The second-order valence-electron chi connectivity index (χ2n) is 7.11. The van der Waals surface area contributed by atoms with Gasteiger partial charge in [0, 0.05) is 5.56 Å². The zero-order valence-electron chi connectivity index (χ0n) is 19.8. The van der Waals surface area contributed by atoms with Gasteiger partial charge in [0.15, 0.2) is 0 Å². The normalized spacial score (nSPS) is 11.1. The SMILES string of the molecule is CCOC(=O)c1sc(NC(=O)CS(=O)(=O)c2nnc(-c3cccc(OC)c3)o2)c(C(=O)OCC)c1C. The van der Waals surface area contributed by atoms with E-state index in [1.165, 1.54) is 14.0 Å². The van der Waals surface area contributed by atoms with Gasteiger partial charge in [0.05, 0.1) is 25.9 Å². The summed E-state index contributed by atoms with van der Waals surface area (Å²) in [4.78, 5) is 37.5. The lowest BCUT2D eigenvalue weighted by molar-refractivity contribution is -0.113. The summed E-state index contributed by atoms with van der Waals surface area (Å²) < 4.78 is 45.9. The lowest BCUT2D eigenvalue weighted by Gasteiger charge is -2.07. The first kappa shape index (κ1) is 26.8. The highest BCUT2D eigenvalue weighted by Crippen LogP contribution is 2.34. The van der Waals surface area contributed by atoms with Crippen LogP contribution in [0, 0.1) is 6.92 Å². The highest BCUT2D eigenvalue weighted by molar-refractivity contribution is 7.91. The van der Waals surface area contributed by atoms with Gasteiger partial charge in [-0.25, -0.2) is 18.0 Å². The molecule has 12 nitrogen and oxygen atoms in total. The summed E-state index contributed by atoms with van der Waals surface area (Å²) in [5.74, 6) is -3.08. The van der Waals surface area contributed by atoms with E-state index in [-0.39, 0.29) is 40.1 Å². The number of ether oxygens (including phenoxy) is 3. The molecule has 1 N–H and O–H groups in total. The van der Waals surface area contributed by atoms with Crippen molar-refractivity contribution in [2.24, 2.45) is 0 Å². The maximum absolute atomic E-state index is 12.7. The van der Waals surface area contributed by atoms with Crippen LogP contribution in [0.4, 0.5) is 5.00 Å². The molecule has 192 valence electrons. The fourth-order valence-electron chi connectivity index (χ4n) is 3.05. The predicted molar refractivity (Wildman–Crippen MR) is 128 cm³/mol. The smallest absolute Gasteiger partial charge is 0.348 e. The van der Waals surface area contributed by atoms with Crippen LogP contribution in [0.3, 0.4) is 0 Å². The molecule has 0 aliphatic heterocycles. The number of amides is 1. The van der Waals surface area contributed by atoms with Crippen molar-refractivity contribution in [3.63, 3.8) is 0 Å². The van der Waals surface area contributed by atoms with Crippen LogP contribution in [-0.2, 0) is 24.1 Å². The molecule has 1 amide bonds. The third-order valence-corrected chi connectivity index (χ3v) is 7.18. The molecular formula is C22H23N3O9S2. The van der Waals surface area contributed by atoms with Crippen molar-refractivity contribution in [1.29, 1.82) is 0 Å². The third kappa shape index (κ3) is 5.88. The molecule has 0 bridgehead atoms. The van der Waals surface area contributed by atoms with E-state index in [0.717, 1.165) is 11.3 Å². The Morgan fingerprint density at radius 1 is 1.08 bits per heavy atom. The number of anilines is 1. The summed E-state index contributed by atoms with van der Waals surface area (Å²) in [6.45, 7) is 4.88. The summed E-state index contributed by atoms with van der Waals surface area (Å²) in [5.41, 5.74) is 0.607. The molecule has 2 aromatic heterocycles. The van der Waals surface area contributed by atoms with Gasteiger partial charge < -0.3 is 23.9 Å². The predicted octanol–water partition coefficient (Wildman–Crippen LogP) is 2.88. The molecule has 0 atom stereocenters. The van der Waals surface area contributed by atoms with Crippen molar-refractivity contribution >= 4 is 44.0 Å². The second kappa shape index (κ2) is 11.3. The molecular weight excluding hydrogens is 514 g/mol. The van der Waals surface area contributed by atoms with Gasteiger partial charge >= 0.3 is 17.2 Å². The highest BCUT2D eigenvalue weighted by atomic mass is 32.2. The van der Waals surface area contributed by atoms with Crippen LogP contribution in [-0.4, -0.2) is 62.5 Å². The average molecular weight is 538 g/mol. The molecule has 0 aliphatic rings. The quantitative estimate of drug-likeness (QED) is 0.378. The summed E-state index contributed by atoms with van der Waals surface area (Å²) in [6, 6.07) is 6.55. The molecule has 3 rings (SSSR count). The van der Waals surface area contributed by atoms with Crippen molar-refractivity contribution in [2.75, 3.05) is 31.4 Å². The Labute approximate surface area is 210 Å². The number of aromatic nitrogens is 2. The van der Waals surface area contributed by atoms with Crippen LogP contribution in [0.25, 0.3) is 11.5 Å². The van der Waals surface area contributed by atoms with Gasteiger partial charge in [-0.15, -0.1) is 16.4 Å². The van der Waals surface area contributed by atoms with Crippen LogP contribution < -0.4 is 10.1 Å². The summed E-state index contributed by atoms with van der Waals surface area (Å²) in [5, 5.41) is 8.86. The molecule has 0 unspecified atom stereocenters. The number of esters is 2. The van der Waals surface area contributed by atoms with E-state index in [1.54, 1.807) is 38.1 Å². The molecule has 0 saturated heterocycles. The molecule has 2 heterocycles. The van der Waals surface area contributed by atoms with E-state index in [2.05, 4.69) is 15.5 Å². The maximum Gasteiger partial charge on any atom is 0.348 e. The molecule has 0 saturated carbocycles. The number of methoxy groups -OCH3 is 1. The van der Waals surface area contributed by atoms with Crippen molar-refractivity contribution in [3.8, 4) is 17.2 Å². The van der Waals surface area contributed by atoms with E-state index >= 15 is 0 Å². The molecule has 3 aromatic rings. The zero-order chi connectivity index (χ0) is 26.5. The van der Waals surface area contributed by atoms with Gasteiger partial charge in [-0.3, -0.25) is 4.79 Å². The van der Waals surface area contributed by atoms with Gasteiger partial charge in [-0.1, -0.05) is 11.2 Å². The number of benzene rings is 1. The molecule has 0 spiro atoms. The zero-order valence-corrected chi connectivity index (χ0v) is 21.4. The van der Waals surface area contributed by atoms with Crippen molar-refractivity contribution < 1.29 is 41.4 Å². The highest BCUT2D eigenvalue weighted by Gasteiger charge is 2.30. The standard InChI is InChI=1S/C22H23N3O9S2/c1-5-32-20(27)16-12(3)17(21(28)33-6-2)35-19(16)23-15(26)11-36(29,30)22-25-24-18(34-22)13-8-7-9-14(10-13)31-4/h7-10H,5-6,11H2,1-4H3,(H,23,26). The first-order valence-corrected chi connectivity index (χ1v) is 13.1. The first-order valence-electron chi connectivity index (χ1n) is 10.6. The summed E-state index contributed by atoms with van der Waals surface area (Å²) >= 11 is 0.778. The molecule has 1 aromatic carbocycles. The van der Waals surface area contributed by atoms with Gasteiger partial charge in [0.1, 0.15) is 21.4 Å². The first-order chi connectivity index (χ1) is 17.1. The van der Waals surface area contributed by atoms with Gasteiger partial charge in [-0.2, -0.15) is 0 Å². The number of nitrogens with zero attached hydrogens (tertiary/aromatic N) is 2. The Morgan fingerprint density at radius 2 is 1.78 bits per heavy atom. The monoisotopic (exact) mass is 537 g/mol. The van der Waals surface area contributed by atoms with E-state index in [9.17, 15) is 22.8 Å². The van der Waals surface area contributed by atoms with Gasteiger partial charge in [0.25, 0.3) is 0 Å². The van der Waals surface area contributed by atoms with Crippen LogP contribution in [0.15, 0.2) is 33.9 Å². The minimum Gasteiger partial charge on any atom is -0.497 e. The Morgan fingerprint density at radius 3 is 2.44 bits per heavy atom. The number of carbonyl (C=O) groups is 3. The van der Waals surface area contributed by atoms with Crippen molar-refractivity contribution in [2.45, 2.75) is 26.0 Å². The Balaban J connectivity index is 1.83. The largest absolute Gasteiger partial charge is 0.497 e. The van der Waals surface area contributed by atoms with Gasteiger partial charge in [-0.05, 0) is 44.5 Å². The minimum absolute atomic E-state index is 0.0446. The number of nitrogens with one attached hydrogen (secondary N) is 1. The van der Waals surface area contributed by atoms with Crippen LogP contribution in [0.5, 0.6) is 5.75 Å². The Kier molecular flexibility index (Phi) is 8.42. The number of carbonyl (C=O) groups excluding carboxylic acids is 3. The van der Waals surface area contributed by atoms with Gasteiger partial charge in [0.2, 0.25) is 21.6 Å². The number of sulfone groups is 1. The lowest BCUT2D eigenvalue weighted by atomic mass is 10.1. The minimum atomic E-state index is -4.34. The van der Waals surface area contributed by atoms with E-state index in [0.29, 0.717) is 11.3 Å². The van der Waals surface area contributed by atoms with Crippen molar-refractivity contribution in [1.82, 2.24) is 10.2 Å². The third-order valence-electron chi connectivity index (χ3n) is 4.65. The van der Waals surface area contributed by atoms with E-state index in [1.807, 2.05) is 0 Å². The number of thiophene rings is 1. The second-order valence-corrected chi connectivity index (χ2v) is 10.0. The fourth-order valence-corrected chi connectivity index (χ4v) is 5.06. The molecule has 0 aliphatic carbocycles. The van der Waals surface area contributed by atoms with Crippen LogP contribution >= 0.6 is 11.3 Å². The molecule has 0 fully saturated rings. The van der Waals surface area contributed by atoms with Crippen molar-refractivity contribution in [3.05, 3.63) is 40.3 Å². The lowest BCUT2D eigenvalue weighted by Crippen LogP contribution is -2.24. The summed E-state index contributed by atoms with van der Waals surface area (Å²) in [6.07, 6.45) is 0. The number of hydrogen-bond acceptors (Lipinski definition) is 12. The number of rotatable bonds is 10. The fraction of sp³-hybridized carbons (Fsp3) is 0.318. The maximum atomic E-state index is 12.7. The van der Waals surface area contributed by atoms with E-state index < -0.39 is 38.7 Å². The van der Waals surface area contributed by atoms with Crippen LogP contribution in [0.1, 0.15) is 39.4 Å². The summed E-state index contributed by atoms with van der Waals surface area (Å²) in [7, 11) is -2.87. The average Bonchev–Trinajstić information content (AvgIpc) is 3.45. The molecule has 0 radical (unpaired) electrons. The molecule has 14 heteroatoms. The Hall–Kier alpha value is -3.78. The van der Waals surface area contributed by atoms with E-state index in [4.69, 9.17) is 18.6 Å². The Bertz CT molecular complexity index is 1390.